The van der Waals surface area contributed by atoms with E-state index >= 15 is 0 Å². The molecule has 10 heteroatoms. The van der Waals surface area contributed by atoms with Gasteiger partial charge in [0.05, 0.1) is 7.11 Å². The number of carbonyl (C=O) groups excluding carboxylic acids is 2. The molecule has 1 fully saturated rings. The van der Waals surface area contributed by atoms with E-state index in [0.29, 0.717) is 48.1 Å². The highest BCUT2D eigenvalue weighted by molar-refractivity contribution is 7.86. The van der Waals surface area contributed by atoms with Gasteiger partial charge in [-0.3, -0.25) is 4.79 Å². The minimum Gasteiger partial charge on any atom is -0.495 e. The molecule has 0 radical (unpaired) electrons. The van der Waals surface area contributed by atoms with Crippen LogP contribution in [0.1, 0.15) is 31.1 Å². The van der Waals surface area contributed by atoms with Crippen LogP contribution < -0.4 is 14.4 Å². The third-order valence-electron chi connectivity index (χ3n) is 6.57. The van der Waals surface area contributed by atoms with Crippen molar-refractivity contribution < 1.29 is 23.3 Å². The Morgan fingerprint density at radius 2 is 1.59 bits per heavy atom. The zero-order chi connectivity index (χ0) is 29.7. The molecule has 0 saturated carbocycles. The van der Waals surface area contributed by atoms with Gasteiger partial charge in [0.1, 0.15) is 16.2 Å². The van der Waals surface area contributed by atoms with Crippen molar-refractivity contribution in [3.63, 3.8) is 0 Å². The highest BCUT2D eigenvalue weighted by atomic mass is 32.2. The zero-order valence-corrected chi connectivity index (χ0v) is 25.3. The first-order valence-corrected chi connectivity index (χ1v) is 14.6. The molecule has 2 amide bonds. The average molecular weight is 579 g/mol. The van der Waals surface area contributed by atoms with Gasteiger partial charge in [0.15, 0.2) is 11.0 Å². The van der Waals surface area contributed by atoms with Gasteiger partial charge in [0.2, 0.25) is 0 Å². The molecule has 0 spiro atoms. The minimum atomic E-state index is -1.62. The van der Waals surface area contributed by atoms with Crippen LogP contribution in [0.15, 0.2) is 71.6 Å². The summed E-state index contributed by atoms with van der Waals surface area (Å²) in [6, 6.07) is 20.6. The van der Waals surface area contributed by atoms with Crippen molar-refractivity contribution in [1.82, 2.24) is 9.80 Å². The molecule has 9 nitrogen and oxygen atoms in total. The molecule has 1 aliphatic heterocycles. The molecule has 1 N–H and O–H groups in total. The van der Waals surface area contributed by atoms with Gasteiger partial charge in [-0.15, -0.1) is 0 Å². The van der Waals surface area contributed by atoms with Crippen molar-refractivity contribution in [3.8, 4) is 16.9 Å². The summed E-state index contributed by atoms with van der Waals surface area (Å²) in [4.78, 5) is 30.8. The number of nitrogens with one attached hydrogen (secondary N) is 1. The molecule has 3 aromatic rings. The van der Waals surface area contributed by atoms with E-state index in [4.69, 9.17) is 9.47 Å². The fourth-order valence-electron chi connectivity index (χ4n) is 4.49. The number of ether oxygens (including phenoxy) is 2. The first kappa shape index (κ1) is 29.9. The summed E-state index contributed by atoms with van der Waals surface area (Å²) in [6.07, 6.45) is -0.296. The number of nitrogens with zero attached hydrogens (tertiary/aromatic N) is 3. The second-order valence-corrected chi connectivity index (χ2v) is 12.2. The van der Waals surface area contributed by atoms with Crippen LogP contribution in [0.2, 0.25) is 0 Å². The van der Waals surface area contributed by atoms with E-state index in [-0.39, 0.29) is 12.0 Å². The summed E-state index contributed by atoms with van der Waals surface area (Å²) in [5.41, 5.74) is 3.38. The van der Waals surface area contributed by atoms with Crippen molar-refractivity contribution in [3.05, 3.63) is 72.3 Å². The first-order valence-electron chi connectivity index (χ1n) is 13.5. The van der Waals surface area contributed by atoms with Crippen LogP contribution in [-0.2, 0) is 15.7 Å². The second kappa shape index (κ2) is 12.6. The van der Waals surface area contributed by atoms with Crippen molar-refractivity contribution in [2.45, 2.75) is 31.3 Å². The lowest BCUT2D eigenvalue weighted by atomic mass is 10.0. The van der Waals surface area contributed by atoms with Gasteiger partial charge < -0.3 is 28.9 Å². The lowest BCUT2D eigenvalue weighted by Crippen LogP contribution is -2.50. The van der Waals surface area contributed by atoms with Crippen LogP contribution in [0.5, 0.6) is 5.75 Å². The van der Waals surface area contributed by atoms with Crippen LogP contribution in [-0.4, -0.2) is 79.0 Å². The quantitative estimate of drug-likeness (QED) is 0.412. The number of anilines is 2. The molecule has 1 saturated heterocycles. The lowest BCUT2D eigenvalue weighted by Gasteiger charge is -2.36. The van der Waals surface area contributed by atoms with Crippen molar-refractivity contribution in [1.29, 1.82) is 0 Å². The Balaban J connectivity index is 1.48. The van der Waals surface area contributed by atoms with E-state index in [9.17, 15) is 13.8 Å². The predicted octanol–water partition coefficient (Wildman–Crippen LogP) is 5.26. The summed E-state index contributed by atoms with van der Waals surface area (Å²) in [5.74, 6) is 0.409. The third kappa shape index (κ3) is 7.58. The molecule has 0 aromatic heterocycles. The largest absolute Gasteiger partial charge is 0.495 e. The molecule has 4 rings (SSSR count). The Morgan fingerprint density at radius 3 is 2.24 bits per heavy atom. The maximum atomic E-state index is 13.5. The molecule has 1 heterocycles. The molecular formula is C31H38N4O5S. The highest BCUT2D eigenvalue weighted by Crippen LogP contribution is 2.31. The van der Waals surface area contributed by atoms with Gasteiger partial charge in [-0.25, -0.2) is 9.00 Å². The lowest BCUT2D eigenvalue weighted by molar-refractivity contribution is 0.0240. The Morgan fingerprint density at radius 1 is 0.902 bits per heavy atom. The normalized spacial score (nSPS) is 14.3. The molecule has 1 unspecified atom stereocenters. The summed E-state index contributed by atoms with van der Waals surface area (Å²) >= 11 is 0. The Bertz CT molecular complexity index is 1430. The van der Waals surface area contributed by atoms with Gasteiger partial charge in [0, 0.05) is 57.2 Å². The van der Waals surface area contributed by atoms with Gasteiger partial charge in [-0.05, 0) is 74.4 Å². The smallest absolute Gasteiger partial charge is 0.410 e. The number of carbonyl (C=O) groups is 2. The molecule has 41 heavy (non-hydrogen) atoms. The molecule has 218 valence electrons. The SMILES string of the molecule is COc1ccc(-c2cccc(C(=O)N(C)C)c2)cc1S(=O)Nc1cccc(N2CCN(C(=O)OC(C)(C)C)CC2)c1. The molecule has 0 aliphatic carbocycles. The number of hydrogen-bond donors (Lipinski definition) is 1. The van der Waals surface area contributed by atoms with E-state index in [1.165, 1.54) is 4.90 Å². The Hall–Kier alpha value is -4.05. The van der Waals surface area contributed by atoms with E-state index < -0.39 is 16.6 Å². The van der Waals surface area contributed by atoms with E-state index in [1.807, 2.05) is 75.4 Å². The van der Waals surface area contributed by atoms with E-state index in [2.05, 4.69) is 9.62 Å². The molecule has 3 aromatic carbocycles. The average Bonchev–Trinajstić information content (AvgIpc) is 2.95. The fraction of sp³-hybridized carbons (Fsp3) is 0.355. The van der Waals surface area contributed by atoms with Crippen LogP contribution in [0.25, 0.3) is 11.1 Å². The summed E-state index contributed by atoms with van der Waals surface area (Å²) in [5, 5.41) is 0. The second-order valence-electron chi connectivity index (χ2n) is 11.0. The summed E-state index contributed by atoms with van der Waals surface area (Å²) < 4.78 is 27.7. The molecular weight excluding hydrogens is 540 g/mol. The monoisotopic (exact) mass is 578 g/mol. The van der Waals surface area contributed by atoms with Crippen LogP contribution in [0, 0.1) is 0 Å². The predicted molar refractivity (Wildman–Crippen MR) is 163 cm³/mol. The van der Waals surface area contributed by atoms with Crippen LogP contribution in [0.3, 0.4) is 0 Å². The number of rotatable bonds is 7. The van der Waals surface area contributed by atoms with Crippen molar-refractivity contribution in [2.24, 2.45) is 0 Å². The van der Waals surface area contributed by atoms with Gasteiger partial charge in [-0.1, -0.05) is 24.3 Å². The molecule has 1 atom stereocenters. The number of benzene rings is 3. The summed E-state index contributed by atoms with van der Waals surface area (Å²) in [6.45, 7) is 8.03. The third-order valence-corrected chi connectivity index (χ3v) is 7.71. The van der Waals surface area contributed by atoms with E-state index in [0.717, 1.165) is 16.8 Å². The van der Waals surface area contributed by atoms with Gasteiger partial charge >= 0.3 is 6.09 Å². The molecule has 1 aliphatic rings. The van der Waals surface area contributed by atoms with Crippen molar-refractivity contribution >= 4 is 34.4 Å². The van der Waals surface area contributed by atoms with Crippen LogP contribution in [0.4, 0.5) is 16.2 Å². The van der Waals surface area contributed by atoms with E-state index in [1.54, 1.807) is 38.2 Å². The van der Waals surface area contributed by atoms with Gasteiger partial charge in [-0.2, -0.15) is 0 Å². The number of hydrogen-bond acceptors (Lipinski definition) is 6. The van der Waals surface area contributed by atoms with Crippen molar-refractivity contribution in [2.75, 3.05) is 57.0 Å². The Kier molecular flexibility index (Phi) is 9.22. The highest BCUT2D eigenvalue weighted by Gasteiger charge is 2.26. The maximum Gasteiger partial charge on any atom is 0.410 e. The van der Waals surface area contributed by atoms with Gasteiger partial charge in [0.25, 0.3) is 5.91 Å². The zero-order valence-electron chi connectivity index (χ0n) is 24.5. The number of amides is 2. The minimum absolute atomic E-state index is 0.0861. The first-order chi connectivity index (χ1) is 19.4. The molecule has 0 bridgehead atoms. The Labute approximate surface area is 244 Å². The standard InChI is InChI=1S/C31H38N4O5S/c1-31(2,3)40-30(37)35-17-15-34(16-18-35)26-12-8-11-25(21-26)32-41(38)28-20-23(13-14-27(28)39-6)22-9-7-10-24(19-22)29(36)33(4)5/h7-14,19-21,32H,15-18H2,1-6H3. The fourth-order valence-corrected chi connectivity index (χ4v) is 5.51. The topological polar surface area (TPSA) is 91.4 Å². The number of methoxy groups -OCH3 is 1. The number of piperazine rings is 1. The van der Waals surface area contributed by atoms with Crippen LogP contribution >= 0.6 is 0 Å². The maximum absolute atomic E-state index is 13.5. The summed E-state index contributed by atoms with van der Waals surface area (Å²) in [7, 11) is 3.35.